The summed E-state index contributed by atoms with van der Waals surface area (Å²) < 4.78 is 0. The highest BCUT2D eigenvalue weighted by Gasteiger charge is 2.05. The topological polar surface area (TPSA) is 104 Å². The van der Waals surface area contributed by atoms with Crippen molar-refractivity contribution >= 4 is 12.3 Å². The van der Waals surface area contributed by atoms with Crippen LogP contribution in [-0.4, -0.2) is 35.4 Å². The van der Waals surface area contributed by atoms with Crippen molar-refractivity contribution in [2.24, 2.45) is 0 Å². The monoisotopic (exact) mass is 224 g/mol. The molecule has 1 heterocycles. The average Bonchev–Trinajstić information content (AvgIpc) is 2.29. The zero-order valence-corrected chi connectivity index (χ0v) is 8.53. The molecule has 0 aromatic carbocycles. The minimum atomic E-state index is -0.359. The van der Waals surface area contributed by atoms with Gasteiger partial charge >= 0.3 is 0 Å². The molecule has 3 N–H and O–H groups in total. The first-order valence-corrected chi connectivity index (χ1v) is 4.74. The van der Waals surface area contributed by atoms with Crippen molar-refractivity contribution in [2.75, 3.05) is 13.1 Å². The predicted molar refractivity (Wildman–Crippen MR) is 55.9 cm³/mol. The normalized spacial score (nSPS) is 9.50. The van der Waals surface area contributed by atoms with Crippen LogP contribution in [-0.2, 0) is 4.79 Å². The minimum absolute atomic E-state index is 0.156. The Morgan fingerprint density at radius 2 is 2.31 bits per heavy atom. The molecule has 16 heavy (non-hydrogen) atoms. The molecule has 0 saturated carbocycles. The lowest BCUT2D eigenvalue weighted by Gasteiger charge is -2.03. The van der Waals surface area contributed by atoms with Crippen LogP contribution in [0, 0.1) is 0 Å². The van der Waals surface area contributed by atoms with E-state index in [-0.39, 0.29) is 17.2 Å². The molecule has 0 aliphatic carbocycles. The van der Waals surface area contributed by atoms with Crippen molar-refractivity contribution in [3.05, 3.63) is 28.4 Å². The van der Waals surface area contributed by atoms with E-state index in [1.165, 1.54) is 6.20 Å². The van der Waals surface area contributed by atoms with Crippen LogP contribution >= 0.6 is 0 Å². The van der Waals surface area contributed by atoms with Gasteiger partial charge in [-0.3, -0.25) is 14.4 Å². The first-order chi connectivity index (χ1) is 7.74. The molecule has 2 amide bonds. The molecule has 0 aliphatic heterocycles. The fourth-order valence-corrected chi connectivity index (χ4v) is 1.01. The Balaban J connectivity index is 2.32. The highest BCUT2D eigenvalue weighted by atomic mass is 16.2. The van der Waals surface area contributed by atoms with Gasteiger partial charge in [0.25, 0.3) is 11.5 Å². The number of rotatable bonds is 6. The fourth-order valence-electron chi connectivity index (χ4n) is 1.01. The van der Waals surface area contributed by atoms with Crippen molar-refractivity contribution in [3.63, 3.8) is 0 Å². The van der Waals surface area contributed by atoms with Crippen LogP contribution in [0.2, 0.25) is 0 Å². The summed E-state index contributed by atoms with van der Waals surface area (Å²) in [6, 6.07) is 0. The van der Waals surface area contributed by atoms with Crippen LogP contribution in [0.4, 0.5) is 0 Å². The summed E-state index contributed by atoms with van der Waals surface area (Å²) in [6.45, 7) is 0.934. The molecule has 0 spiro atoms. The van der Waals surface area contributed by atoms with Gasteiger partial charge in [0.15, 0.2) is 0 Å². The second kappa shape index (κ2) is 6.33. The average molecular weight is 224 g/mol. The van der Waals surface area contributed by atoms with Gasteiger partial charge < -0.3 is 15.6 Å². The van der Waals surface area contributed by atoms with Gasteiger partial charge in [-0.1, -0.05) is 0 Å². The molecule has 0 bridgehead atoms. The molecule has 1 aromatic heterocycles. The smallest absolute Gasteiger partial charge is 0.271 e. The molecular formula is C9H12N4O3. The molecular weight excluding hydrogens is 212 g/mol. The van der Waals surface area contributed by atoms with E-state index < -0.39 is 0 Å². The van der Waals surface area contributed by atoms with Crippen molar-refractivity contribution < 1.29 is 9.59 Å². The summed E-state index contributed by atoms with van der Waals surface area (Å²) in [7, 11) is 0. The van der Waals surface area contributed by atoms with Crippen LogP contribution < -0.4 is 16.2 Å². The molecule has 7 nitrogen and oxygen atoms in total. The lowest BCUT2D eigenvalue weighted by Crippen LogP contribution is -2.28. The maximum Gasteiger partial charge on any atom is 0.271 e. The SMILES string of the molecule is O=CNCCCNC(=O)c1c[nH]c(=O)cn1. The van der Waals surface area contributed by atoms with E-state index in [0.717, 1.165) is 6.20 Å². The second-order valence-corrected chi connectivity index (χ2v) is 2.98. The first kappa shape index (κ1) is 11.9. The number of carbonyl (C=O) groups excluding carboxylic acids is 2. The zero-order valence-electron chi connectivity index (χ0n) is 8.53. The number of carbonyl (C=O) groups is 2. The quantitative estimate of drug-likeness (QED) is 0.410. The standard InChI is InChI=1S/C9H12N4O3/c14-6-10-2-1-3-11-9(16)7-4-13-8(15)5-12-7/h4-6H,1-3H2,(H,10,14)(H,11,16)(H,13,15). The molecule has 0 aliphatic rings. The van der Waals surface area contributed by atoms with Crippen LogP contribution in [0.5, 0.6) is 0 Å². The Kier molecular flexibility index (Phi) is 4.71. The van der Waals surface area contributed by atoms with Gasteiger partial charge in [0, 0.05) is 19.3 Å². The Labute approximate surface area is 91.3 Å². The number of hydrogen-bond acceptors (Lipinski definition) is 4. The van der Waals surface area contributed by atoms with Crippen molar-refractivity contribution in [2.45, 2.75) is 6.42 Å². The van der Waals surface area contributed by atoms with Crippen LogP contribution in [0.3, 0.4) is 0 Å². The Bertz CT molecular complexity index is 395. The van der Waals surface area contributed by atoms with Gasteiger partial charge in [-0.05, 0) is 6.42 Å². The summed E-state index contributed by atoms with van der Waals surface area (Å²) in [5.41, 5.74) is -0.199. The molecule has 86 valence electrons. The van der Waals surface area contributed by atoms with E-state index in [1.807, 2.05) is 0 Å². The first-order valence-electron chi connectivity index (χ1n) is 4.74. The lowest BCUT2D eigenvalue weighted by atomic mass is 10.4. The predicted octanol–water partition coefficient (Wildman–Crippen LogP) is -1.36. The number of H-pyrrole nitrogens is 1. The number of nitrogens with zero attached hydrogens (tertiary/aromatic N) is 1. The third-order valence-electron chi connectivity index (χ3n) is 1.77. The van der Waals surface area contributed by atoms with Crippen LogP contribution in [0.15, 0.2) is 17.2 Å². The van der Waals surface area contributed by atoms with Gasteiger partial charge in [-0.2, -0.15) is 0 Å². The zero-order chi connectivity index (χ0) is 11.8. The van der Waals surface area contributed by atoms with Gasteiger partial charge in [-0.15, -0.1) is 0 Å². The van der Waals surface area contributed by atoms with Gasteiger partial charge in [0.1, 0.15) is 5.69 Å². The molecule has 0 atom stereocenters. The molecule has 1 aromatic rings. The summed E-state index contributed by atoms with van der Waals surface area (Å²) in [5.74, 6) is -0.359. The molecule has 1 rings (SSSR count). The Hall–Kier alpha value is -2.18. The highest BCUT2D eigenvalue weighted by molar-refractivity contribution is 5.91. The second-order valence-electron chi connectivity index (χ2n) is 2.98. The van der Waals surface area contributed by atoms with E-state index in [4.69, 9.17) is 0 Å². The molecule has 0 fully saturated rings. The minimum Gasteiger partial charge on any atom is -0.359 e. The lowest BCUT2D eigenvalue weighted by molar-refractivity contribution is -0.109. The third kappa shape index (κ3) is 3.91. The van der Waals surface area contributed by atoms with E-state index in [9.17, 15) is 14.4 Å². The number of amides is 2. The summed E-state index contributed by atoms with van der Waals surface area (Å²) >= 11 is 0. The molecule has 0 radical (unpaired) electrons. The van der Waals surface area contributed by atoms with E-state index in [1.54, 1.807) is 0 Å². The Morgan fingerprint density at radius 1 is 1.50 bits per heavy atom. The van der Waals surface area contributed by atoms with Crippen LogP contribution in [0.25, 0.3) is 0 Å². The van der Waals surface area contributed by atoms with E-state index >= 15 is 0 Å². The maximum absolute atomic E-state index is 11.4. The van der Waals surface area contributed by atoms with Gasteiger partial charge in [0.05, 0.1) is 6.20 Å². The summed E-state index contributed by atoms with van der Waals surface area (Å²) in [6.07, 6.45) is 3.53. The molecule has 0 saturated heterocycles. The largest absolute Gasteiger partial charge is 0.359 e. The van der Waals surface area contributed by atoms with Crippen molar-refractivity contribution in [1.29, 1.82) is 0 Å². The number of aromatic nitrogens is 2. The summed E-state index contributed by atoms with van der Waals surface area (Å²) in [4.78, 5) is 38.0. The van der Waals surface area contributed by atoms with Crippen molar-refractivity contribution in [3.8, 4) is 0 Å². The Morgan fingerprint density at radius 3 is 2.94 bits per heavy atom. The maximum atomic E-state index is 11.4. The number of nitrogens with one attached hydrogen (secondary N) is 3. The van der Waals surface area contributed by atoms with Gasteiger partial charge in [-0.25, -0.2) is 4.98 Å². The number of hydrogen-bond donors (Lipinski definition) is 3. The highest BCUT2D eigenvalue weighted by Crippen LogP contribution is 1.87. The fraction of sp³-hybridized carbons (Fsp3) is 0.333. The van der Waals surface area contributed by atoms with Crippen molar-refractivity contribution in [1.82, 2.24) is 20.6 Å². The van der Waals surface area contributed by atoms with E-state index in [2.05, 4.69) is 20.6 Å². The molecule has 0 unspecified atom stereocenters. The van der Waals surface area contributed by atoms with Crippen LogP contribution in [0.1, 0.15) is 16.9 Å². The number of aromatic amines is 1. The third-order valence-corrected chi connectivity index (χ3v) is 1.77. The molecule has 7 heteroatoms. The summed E-state index contributed by atoms with van der Waals surface area (Å²) in [5, 5.41) is 5.07. The van der Waals surface area contributed by atoms with Gasteiger partial charge in [0.2, 0.25) is 6.41 Å². The van der Waals surface area contributed by atoms with E-state index in [0.29, 0.717) is 25.9 Å².